The Kier molecular flexibility index (Phi) is 11.2. The maximum absolute atomic E-state index is 6.13. The Hall–Kier alpha value is -3.84. The van der Waals surface area contributed by atoms with Crippen LogP contribution in [0.25, 0.3) is 35.4 Å². The van der Waals surface area contributed by atoms with Gasteiger partial charge in [0.15, 0.2) is 0 Å². The van der Waals surface area contributed by atoms with Crippen molar-refractivity contribution < 1.29 is 4.74 Å². The van der Waals surface area contributed by atoms with E-state index in [1.807, 2.05) is 0 Å². The van der Waals surface area contributed by atoms with Crippen molar-refractivity contribution in [2.45, 2.75) is 60.3 Å². The third-order valence-corrected chi connectivity index (χ3v) is 7.68. The molecule has 1 unspecified atom stereocenters. The molecule has 1 heteroatoms. The van der Waals surface area contributed by atoms with Crippen molar-refractivity contribution >= 4 is 24.3 Å². The molecule has 4 aromatic rings. The Morgan fingerprint density at radius 3 is 1.76 bits per heavy atom. The summed E-state index contributed by atoms with van der Waals surface area (Å²) in [7, 11) is 0. The summed E-state index contributed by atoms with van der Waals surface area (Å²) in [5.74, 6) is 2.43. The average Bonchev–Trinajstić information content (AvgIpc) is 2.97. The van der Waals surface area contributed by atoms with Gasteiger partial charge in [-0.15, -0.1) is 0 Å². The molecule has 0 fully saturated rings. The van der Waals surface area contributed by atoms with E-state index in [1.54, 1.807) is 0 Å². The molecule has 4 rings (SSSR count). The number of ether oxygens (including phenoxy) is 1. The average molecular weight is 543 g/mol. The molecule has 212 valence electrons. The lowest BCUT2D eigenvalue weighted by Gasteiger charge is -2.14. The first-order valence-corrected chi connectivity index (χ1v) is 15.2. The van der Waals surface area contributed by atoms with Crippen molar-refractivity contribution in [1.29, 1.82) is 0 Å². The molecule has 4 aromatic carbocycles. The fourth-order valence-corrected chi connectivity index (χ4v) is 4.93. The highest BCUT2D eigenvalue weighted by Crippen LogP contribution is 2.30. The van der Waals surface area contributed by atoms with Crippen molar-refractivity contribution in [2.75, 3.05) is 6.61 Å². The minimum absolute atomic E-state index is 0.701. The Labute approximate surface area is 248 Å². The smallest absolute Gasteiger partial charge is 0.119 e. The van der Waals surface area contributed by atoms with E-state index in [-0.39, 0.29) is 0 Å². The maximum atomic E-state index is 6.13. The van der Waals surface area contributed by atoms with Gasteiger partial charge >= 0.3 is 0 Å². The molecule has 0 aromatic heterocycles. The molecular formula is C40H46O. The zero-order valence-electron chi connectivity index (χ0n) is 25.6. The second-order valence-electron chi connectivity index (χ2n) is 11.9. The standard InChI is InChI=1S/C40H46O/c1-30(2)7-6-8-31(3)27-28-41-39-25-23-38(24-26-39)40-29-36(18-17-34-13-9-32(4)10-14-34)20-22-37(40)21-19-35-15-11-33(5)12-16-35/h9-26,29-31H,6-8,27-28H2,1-5H3/b18-17+,21-19+. The van der Waals surface area contributed by atoms with E-state index in [0.717, 1.165) is 24.7 Å². The van der Waals surface area contributed by atoms with Gasteiger partial charge in [-0.05, 0) is 83.7 Å². The van der Waals surface area contributed by atoms with Gasteiger partial charge in [-0.1, -0.05) is 148 Å². The molecule has 0 aliphatic rings. The molecule has 0 spiro atoms. The molecule has 0 aliphatic heterocycles. The summed E-state index contributed by atoms with van der Waals surface area (Å²) in [6.45, 7) is 12.0. The van der Waals surface area contributed by atoms with Gasteiger partial charge in [0.25, 0.3) is 0 Å². The number of hydrogen-bond donors (Lipinski definition) is 0. The molecule has 0 heterocycles. The van der Waals surface area contributed by atoms with Crippen LogP contribution in [0.3, 0.4) is 0 Å². The van der Waals surface area contributed by atoms with Gasteiger partial charge < -0.3 is 4.74 Å². The molecule has 41 heavy (non-hydrogen) atoms. The highest BCUT2D eigenvalue weighted by molar-refractivity contribution is 5.83. The summed E-state index contributed by atoms with van der Waals surface area (Å²) in [6.07, 6.45) is 13.8. The van der Waals surface area contributed by atoms with Crippen LogP contribution in [0.5, 0.6) is 5.75 Å². The third kappa shape index (κ3) is 9.94. The van der Waals surface area contributed by atoms with Gasteiger partial charge in [0.2, 0.25) is 0 Å². The van der Waals surface area contributed by atoms with Crippen molar-refractivity contribution in [3.05, 3.63) is 124 Å². The van der Waals surface area contributed by atoms with Crippen LogP contribution in [0.2, 0.25) is 0 Å². The topological polar surface area (TPSA) is 9.23 Å². The lowest BCUT2D eigenvalue weighted by Crippen LogP contribution is -2.04. The molecule has 0 amide bonds. The second kappa shape index (κ2) is 15.2. The highest BCUT2D eigenvalue weighted by atomic mass is 16.5. The Balaban J connectivity index is 1.50. The Morgan fingerprint density at radius 1 is 0.585 bits per heavy atom. The van der Waals surface area contributed by atoms with E-state index in [2.05, 4.69) is 150 Å². The number of aryl methyl sites for hydroxylation is 2. The van der Waals surface area contributed by atoms with Crippen LogP contribution in [0.15, 0.2) is 91.0 Å². The highest BCUT2D eigenvalue weighted by Gasteiger charge is 2.07. The zero-order chi connectivity index (χ0) is 29.0. The van der Waals surface area contributed by atoms with Gasteiger partial charge in [-0.3, -0.25) is 0 Å². The predicted octanol–water partition coefficient (Wildman–Crippen LogP) is 11.5. The second-order valence-corrected chi connectivity index (χ2v) is 11.9. The minimum Gasteiger partial charge on any atom is -0.494 e. The molecule has 0 radical (unpaired) electrons. The van der Waals surface area contributed by atoms with Crippen LogP contribution < -0.4 is 4.74 Å². The third-order valence-electron chi connectivity index (χ3n) is 7.68. The molecule has 0 N–H and O–H groups in total. The molecule has 0 bridgehead atoms. The van der Waals surface area contributed by atoms with Gasteiger partial charge in [0.05, 0.1) is 6.61 Å². The summed E-state index contributed by atoms with van der Waals surface area (Å²) < 4.78 is 6.13. The molecule has 1 nitrogen and oxygen atoms in total. The van der Waals surface area contributed by atoms with Crippen LogP contribution in [-0.2, 0) is 0 Å². The predicted molar refractivity (Wildman–Crippen MR) is 180 cm³/mol. The van der Waals surface area contributed by atoms with Gasteiger partial charge in [0.1, 0.15) is 5.75 Å². The number of hydrogen-bond acceptors (Lipinski definition) is 1. The van der Waals surface area contributed by atoms with Gasteiger partial charge in [0, 0.05) is 0 Å². The summed E-state index contributed by atoms with van der Waals surface area (Å²) in [5.41, 5.74) is 9.73. The summed E-state index contributed by atoms with van der Waals surface area (Å²) in [6, 6.07) is 32.6. The van der Waals surface area contributed by atoms with Gasteiger partial charge in [-0.25, -0.2) is 0 Å². The van der Waals surface area contributed by atoms with E-state index in [0.29, 0.717) is 5.92 Å². The van der Waals surface area contributed by atoms with E-state index < -0.39 is 0 Å². The van der Waals surface area contributed by atoms with Crippen LogP contribution in [0.1, 0.15) is 79.8 Å². The van der Waals surface area contributed by atoms with Crippen molar-refractivity contribution in [2.24, 2.45) is 11.8 Å². The molecule has 0 saturated carbocycles. The lowest BCUT2D eigenvalue weighted by atomic mass is 9.96. The fourth-order valence-electron chi connectivity index (χ4n) is 4.93. The minimum atomic E-state index is 0.701. The first-order valence-electron chi connectivity index (χ1n) is 15.2. The zero-order valence-corrected chi connectivity index (χ0v) is 25.6. The molecule has 0 aliphatic carbocycles. The summed E-state index contributed by atoms with van der Waals surface area (Å²) in [5, 5.41) is 0. The lowest BCUT2D eigenvalue weighted by molar-refractivity contribution is 0.276. The van der Waals surface area contributed by atoms with E-state index in [1.165, 1.54) is 63.8 Å². The first-order chi connectivity index (χ1) is 19.9. The van der Waals surface area contributed by atoms with Crippen molar-refractivity contribution in [3.63, 3.8) is 0 Å². The van der Waals surface area contributed by atoms with Crippen molar-refractivity contribution in [1.82, 2.24) is 0 Å². The Morgan fingerprint density at radius 2 is 1.15 bits per heavy atom. The fraction of sp³-hybridized carbons (Fsp3) is 0.300. The summed E-state index contributed by atoms with van der Waals surface area (Å²) >= 11 is 0. The van der Waals surface area contributed by atoms with Crippen molar-refractivity contribution in [3.8, 4) is 16.9 Å². The molecule has 1 atom stereocenters. The number of rotatable bonds is 13. The van der Waals surface area contributed by atoms with Crippen LogP contribution in [0.4, 0.5) is 0 Å². The van der Waals surface area contributed by atoms with Crippen LogP contribution in [0, 0.1) is 25.7 Å². The largest absolute Gasteiger partial charge is 0.494 e. The van der Waals surface area contributed by atoms with E-state index >= 15 is 0 Å². The Bertz CT molecular complexity index is 1400. The van der Waals surface area contributed by atoms with Gasteiger partial charge in [-0.2, -0.15) is 0 Å². The molecular weight excluding hydrogens is 496 g/mol. The van der Waals surface area contributed by atoms with Crippen LogP contribution >= 0.6 is 0 Å². The number of benzene rings is 4. The first kappa shape index (κ1) is 30.1. The summed E-state index contributed by atoms with van der Waals surface area (Å²) in [4.78, 5) is 0. The monoisotopic (exact) mass is 542 g/mol. The SMILES string of the molecule is Cc1ccc(/C=C/c2ccc(/C=C/c3ccc(C)cc3)c(-c3ccc(OCCC(C)CCCC(C)C)cc3)c2)cc1. The molecule has 0 saturated heterocycles. The maximum Gasteiger partial charge on any atom is 0.119 e. The van der Waals surface area contributed by atoms with E-state index in [4.69, 9.17) is 4.74 Å². The van der Waals surface area contributed by atoms with Crippen LogP contribution in [-0.4, -0.2) is 6.61 Å². The van der Waals surface area contributed by atoms with E-state index in [9.17, 15) is 0 Å². The normalized spacial score (nSPS) is 12.4. The quantitative estimate of drug-likeness (QED) is 0.153.